The second kappa shape index (κ2) is 7.12. The minimum absolute atomic E-state index is 0.229. The van der Waals surface area contributed by atoms with E-state index in [1.54, 1.807) is 12.1 Å². The van der Waals surface area contributed by atoms with Crippen LogP contribution in [-0.2, 0) is 8.87 Å². The molecule has 0 aliphatic rings. The molecule has 0 fully saturated rings. The molecule has 0 saturated heterocycles. The van der Waals surface area contributed by atoms with Crippen LogP contribution in [0.1, 0.15) is 13.8 Å². The molecular weight excluding hydrogens is 302 g/mol. The van der Waals surface area contributed by atoms with Crippen molar-refractivity contribution in [1.29, 1.82) is 0 Å². The molecule has 0 N–H and O–H groups in total. The molecule has 0 heterocycles. The SMILES string of the molecule is CCN(CC)C(=S)SS(=O)(=O)c1ccc(OC)cc1. The fourth-order valence-corrected chi connectivity index (χ4v) is 5.10. The van der Waals surface area contributed by atoms with Crippen molar-refractivity contribution in [2.45, 2.75) is 18.7 Å². The lowest BCUT2D eigenvalue weighted by Crippen LogP contribution is -2.27. The third kappa shape index (κ3) is 4.36. The molecule has 0 saturated carbocycles. The molecule has 1 aromatic rings. The van der Waals surface area contributed by atoms with Crippen molar-refractivity contribution in [2.75, 3.05) is 20.2 Å². The molecule has 106 valence electrons. The van der Waals surface area contributed by atoms with E-state index in [4.69, 9.17) is 17.0 Å². The number of methoxy groups -OCH3 is 1. The highest BCUT2D eigenvalue weighted by Gasteiger charge is 2.20. The van der Waals surface area contributed by atoms with Gasteiger partial charge in [0.25, 0.3) is 0 Å². The van der Waals surface area contributed by atoms with Crippen molar-refractivity contribution in [1.82, 2.24) is 4.90 Å². The maximum atomic E-state index is 12.2. The van der Waals surface area contributed by atoms with Gasteiger partial charge in [0, 0.05) is 23.9 Å². The Morgan fingerprint density at radius 1 is 1.26 bits per heavy atom. The molecule has 0 bridgehead atoms. The van der Waals surface area contributed by atoms with E-state index < -0.39 is 8.87 Å². The molecule has 4 nitrogen and oxygen atoms in total. The first-order valence-electron chi connectivity index (χ1n) is 5.82. The maximum Gasteiger partial charge on any atom is 0.236 e. The zero-order chi connectivity index (χ0) is 14.5. The topological polar surface area (TPSA) is 46.6 Å². The Morgan fingerprint density at radius 2 is 1.79 bits per heavy atom. The van der Waals surface area contributed by atoms with Crippen LogP contribution in [0.3, 0.4) is 0 Å². The molecule has 0 amide bonds. The lowest BCUT2D eigenvalue weighted by molar-refractivity contribution is 0.414. The summed E-state index contributed by atoms with van der Waals surface area (Å²) in [6.07, 6.45) is 0. The van der Waals surface area contributed by atoms with Gasteiger partial charge in [0.05, 0.1) is 12.0 Å². The minimum atomic E-state index is -3.47. The summed E-state index contributed by atoms with van der Waals surface area (Å²) in [7, 11) is -1.22. The number of hydrogen-bond donors (Lipinski definition) is 0. The summed E-state index contributed by atoms with van der Waals surface area (Å²) < 4.78 is 29.7. The third-order valence-corrected chi connectivity index (χ3v) is 6.55. The van der Waals surface area contributed by atoms with Gasteiger partial charge in [-0.3, -0.25) is 0 Å². The molecule has 0 unspecified atom stereocenters. The molecule has 0 aliphatic carbocycles. The van der Waals surface area contributed by atoms with Crippen LogP contribution in [0.5, 0.6) is 5.75 Å². The number of nitrogens with zero attached hydrogens (tertiary/aromatic N) is 1. The number of hydrogen-bond acceptors (Lipinski definition) is 5. The van der Waals surface area contributed by atoms with Crippen molar-refractivity contribution in [3.05, 3.63) is 24.3 Å². The normalized spacial score (nSPS) is 11.1. The Labute approximate surface area is 123 Å². The van der Waals surface area contributed by atoms with Gasteiger partial charge in [-0.25, -0.2) is 8.42 Å². The van der Waals surface area contributed by atoms with Crippen LogP contribution in [0.4, 0.5) is 0 Å². The molecule has 1 rings (SSSR count). The molecule has 0 radical (unpaired) electrons. The largest absolute Gasteiger partial charge is 0.497 e. The number of benzene rings is 1. The van der Waals surface area contributed by atoms with E-state index in [-0.39, 0.29) is 4.90 Å². The van der Waals surface area contributed by atoms with Gasteiger partial charge in [0.2, 0.25) is 8.87 Å². The quantitative estimate of drug-likeness (QED) is 0.614. The van der Waals surface area contributed by atoms with E-state index in [1.165, 1.54) is 19.2 Å². The van der Waals surface area contributed by atoms with Gasteiger partial charge in [-0.05, 0) is 38.1 Å². The van der Waals surface area contributed by atoms with Crippen LogP contribution in [0, 0.1) is 0 Å². The third-order valence-electron chi connectivity index (χ3n) is 2.55. The van der Waals surface area contributed by atoms with Crippen LogP contribution < -0.4 is 4.74 Å². The Balaban J connectivity index is 2.88. The first-order valence-corrected chi connectivity index (χ1v) is 9.04. The van der Waals surface area contributed by atoms with Crippen molar-refractivity contribution in [2.24, 2.45) is 0 Å². The highest BCUT2D eigenvalue weighted by Crippen LogP contribution is 2.27. The summed E-state index contributed by atoms with van der Waals surface area (Å²) in [5, 5.41) is 0. The van der Waals surface area contributed by atoms with Gasteiger partial charge in [0.1, 0.15) is 5.75 Å². The highest BCUT2D eigenvalue weighted by molar-refractivity contribution is 8.79. The predicted molar refractivity (Wildman–Crippen MR) is 83.3 cm³/mol. The Morgan fingerprint density at radius 3 is 2.21 bits per heavy atom. The molecule has 0 atom stereocenters. The van der Waals surface area contributed by atoms with Crippen LogP contribution in [0.15, 0.2) is 29.2 Å². The summed E-state index contributed by atoms with van der Waals surface area (Å²) >= 11 is 5.16. The van der Waals surface area contributed by atoms with Crippen LogP contribution in [0.2, 0.25) is 0 Å². The number of ether oxygens (including phenoxy) is 1. The molecule has 0 spiro atoms. The number of rotatable bonds is 5. The standard InChI is InChI=1S/C12H17NO3S3/c1-4-13(5-2)12(17)18-19(14,15)11-8-6-10(16-3)7-9-11/h6-9H,4-5H2,1-3H3. The summed E-state index contributed by atoms with van der Waals surface area (Å²) in [6, 6.07) is 6.28. The Kier molecular flexibility index (Phi) is 6.09. The van der Waals surface area contributed by atoms with E-state index in [0.717, 1.165) is 0 Å². The van der Waals surface area contributed by atoms with Gasteiger partial charge in [-0.1, -0.05) is 12.2 Å². The van der Waals surface area contributed by atoms with E-state index in [0.29, 0.717) is 34.0 Å². The fourth-order valence-electron chi connectivity index (χ4n) is 1.42. The second-order valence-electron chi connectivity index (χ2n) is 3.65. The first-order chi connectivity index (χ1) is 8.94. The maximum absolute atomic E-state index is 12.2. The van der Waals surface area contributed by atoms with Crippen molar-refractivity contribution < 1.29 is 13.2 Å². The van der Waals surface area contributed by atoms with Crippen LogP contribution in [-0.4, -0.2) is 37.8 Å². The number of thiocarbonyl (C=S) groups is 1. The monoisotopic (exact) mass is 319 g/mol. The molecular formula is C12H17NO3S3. The molecule has 7 heteroatoms. The molecule has 19 heavy (non-hydrogen) atoms. The van der Waals surface area contributed by atoms with E-state index in [9.17, 15) is 8.42 Å². The summed E-state index contributed by atoms with van der Waals surface area (Å²) in [5.74, 6) is 0.621. The predicted octanol–water partition coefficient (Wildman–Crippen LogP) is 2.74. The average molecular weight is 319 g/mol. The van der Waals surface area contributed by atoms with Crippen LogP contribution in [0.25, 0.3) is 0 Å². The molecule has 0 aromatic heterocycles. The van der Waals surface area contributed by atoms with Crippen molar-refractivity contribution >= 4 is 36.2 Å². The first kappa shape index (κ1) is 16.3. The zero-order valence-corrected chi connectivity index (χ0v) is 13.6. The van der Waals surface area contributed by atoms with Gasteiger partial charge in [-0.15, -0.1) is 0 Å². The van der Waals surface area contributed by atoms with Gasteiger partial charge in [-0.2, -0.15) is 0 Å². The lowest BCUT2D eigenvalue weighted by atomic mass is 10.3. The average Bonchev–Trinajstić information content (AvgIpc) is 2.39. The minimum Gasteiger partial charge on any atom is -0.497 e. The fraction of sp³-hybridized carbons (Fsp3) is 0.417. The van der Waals surface area contributed by atoms with Crippen LogP contribution >= 0.6 is 23.0 Å². The molecule has 1 aromatic carbocycles. The van der Waals surface area contributed by atoms with E-state index in [1.807, 2.05) is 18.7 Å². The summed E-state index contributed by atoms with van der Waals surface area (Å²) in [5.41, 5.74) is 0. The lowest BCUT2D eigenvalue weighted by Gasteiger charge is -2.20. The smallest absolute Gasteiger partial charge is 0.236 e. The van der Waals surface area contributed by atoms with Gasteiger partial charge >= 0.3 is 0 Å². The van der Waals surface area contributed by atoms with Gasteiger partial charge in [0.15, 0.2) is 4.32 Å². The summed E-state index contributed by atoms with van der Waals surface area (Å²) in [4.78, 5) is 2.06. The Hall–Kier alpha value is -0.790. The van der Waals surface area contributed by atoms with Crippen molar-refractivity contribution in [3.8, 4) is 5.75 Å². The molecule has 0 aliphatic heterocycles. The highest BCUT2D eigenvalue weighted by atomic mass is 33.1. The zero-order valence-electron chi connectivity index (χ0n) is 11.1. The van der Waals surface area contributed by atoms with Gasteiger partial charge < -0.3 is 9.64 Å². The second-order valence-corrected chi connectivity index (χ2v) is 8.05. The Bertz CT molecular complexity index is 522. The van der Waals surface area contributed by atoms with Crippen molar-refractivity contribution in [3.63, 3.8) is 0 Å². The van der Waals surface area contributed by atoms with E-state index >= 15 is 0 Å². The summed E-state index contributed by atoms with van der Waals surface area (Å²) in [6.45, 7) is 5.27. The van der Waals surface area contributed by atoms with E-state index in [2.05, 4.69) is 0 Å².